The van der Waals surface area contributed by atoms with Crippen LogP contribution in [-0.2, 0) is 0 Å². The Labute approximate surface area is 207 Å². The Hall–Kier alpha value is -2.52. The van der Waals surface area contributed by atoms with Crippen molar-refractivity contribution in [2.75, 3.05) is 0 Å². The van der Waals surface area contributed by atoms with Crippen molar-refractivity contribution in [2.24, 2.45) is 0 Å². The van der Waals surface area contributed by atoms with E-state index in [-0.39, 0.29) is 11.6 Å². The second-order valence-electron chi connectivity index (χ2n) is 6.83. The standard InChI is InChI=1S/C26H16I2O3/c27-21-10-4-17(5-11-21)25(29)19-8-14-23(15-9-19)31-24-3-1-2-20(16-24)26(30)18-6-12-22(28)13-7-18/h1-16H. The van der Waals surface area contributed by atoms with Gasteiger partial charge in [-0.05, 0) is 130 Å². The van der Waals surface area contributed by atoms with Crippen molar-refractivity contribution in [1.29, 1.82) is 0 Å². The largest absolute Gasteiger partial charge is 0.457 e. The smallest absolute Gasteiger partial charge is 0.193 e. The highest BCUT2D eigenvalue weighted by Crippen LogP contribution is 2.25. The van der Waals surface area contributed by atoms with E-state index in [1.165, 1.54) is 0 Å². The quantitative estimate of drug-likeness (QED) is 0.168. The minimum Gasteiger partial charge on any atom is -0.457 e. The first-order chi connectivity index (χ1) is 15.0. The van der Waals surface area contributed by atoms with Crippen molar-refractivity contribution in [3.05, 3.63) is 126 Å². The van der Waals surface area contributed by atoms with Gasteiger partial charge in [0.15, 0.2) is 11.6 Å². The third-order valence-electron chi connectivity index (χ3n) is 4.66. The molecule has 0 N–H and O–H groups in total. The third kappa shape index (κ3) is 5.40. The summed E-state index contributed by atoms with van der Waals surface area (Å²) in [6.45, 7) is 0. The number of benzene rings is 4. The number of hydrogen-bond acceptors (Lipinski definition) is 3. The van der Waals surface area contributed by atoms with Crippen LogP contribution in [0.2, 0.25) is 0 Å². The summed E-state index contributed by atoms with van der Waals surface area (Å²) >= 11 is 4.42. The topological polar surface area (TPSA) is 43.4 Å². The van der Waals surface area contributed by atoms with Gasteiger partial charge < -0.3 is 4.74 Å². The van der Waals surface area contributed by atoms with E-state index in [9.17, 15) is 9.59 Å². The molecule has 0 saturated carbocycles. The number of carbonyl (C=O) groups excluding carboxylic acids is 2. The zero-order chi connectivity index (χ0) is 21.8. The highest BCUT2D eigenvalue weighted by Gasteiger charge is 2.12. The minimum absolute atomic E-state index is 0.0342. The molecule has 0 aromatic heterocycles. The van der Waals surface area contributed by atoms with Crippen molar-refractivity contribution in [1.82, 2.24) is 0 Å². The van der Waals surface area contributed by atoms with Crippen LogP contribution >= 0.6 is 45.2 Å². The van der Waals surface area contributed by atoms with Gasteiger partial charge in [0, 0.05) is 29.4 Å². The zero-order valence-corrected chi connectivity index (χ0v) is 20.5. The number of ketones is 2. The summed E-state index contributed by atoms with van der Waals surface area (Å²) < 4.78 is 8.08. The first-order valence-corrected chi connectivity index (χ1v) is 11.6. The van der Waals surface area contributed by atoms with Gasteiger partial charge in [0.05, 0.1) is 0 Å². The molecule has 0 heterocycles. The lowest BCUT2D eigenvalue weighted by Gasteiger charge is -2.09. The van der Waals surface area contributed by atoms with E-state index in [4.69, 9.17) is 4.74 Å². The van der Waals surface area contributed by atoms with E-state index in [0.29, 0.717) is 33.8 Å². The normalized spacial score (nSPS) is 10.5. The Morgan fingerprint density at radius 3 is 1.48 bits per heavy atom. The average molecular weight is 630 g/mol. The molecule has 4 aromatic carbocycles. The predicted molar refractivity (Wildman–Crippen MR) is 138 cm³/mol. The Morgan fingerprint density at radius 2 is 0.968 bits per heavy atom. The predicted octanol–water partition coefficient (Wildman–Crippen LogP) is 7.15. The maximum atomic E-state index is 12.7. The molecule has 0 amide bonds. The molecular formula is C26H16I2O3. The Bertz CT molecular complexity index is 1230. The molecule has 0 aliphatic heterocycles. The minimum atomic E-state index is -0.0553. The number of rotatable bonds is 6. The summed E-state index contributed by atoms with van der Waals surface area (Å²) in [6.07, 6.45) is 0. The van der Waals surface area contributed by atoms with Crippen molar-refractivity contribution >= 4 is 56.7 Å². The van der Waals surface area contributed by atoms with E-state index in [1.807, 2.05) is 48.5 Å². The molecule has 0 fully saturated rings. The van der Waals surface area contributed by atoms with Crippen LogP contribution in [0.25, 0.3) is 0 Å². The first kappa shape index (κ1) is 21.7. The van der Waals surface area contributed by atoms with Gasteiger partial charge in [-0.1, -0.05) is 12.1 Å². The Morgan fingerprint density at radius 1 is 0.516 bits per heavy atom. The highest BCUT2D eigenvalue weighted by atomic mass is 127. The van der Waals surface area contributed by atoms with Crippen molar-refractivity contribution < 1.29 is 14.3 Å². The van der Waals surface area contributed by atoms with E-state index in [0.717, 1.165) is 7.14 Å². The molecule has 4 aromatic rings. The molecule has 0 saturated heterocycles. The van der Waals surface area contributed by atoms with Crippen LogP contribution in [0.15, 0.2) is 97.1 Å². The van der Waals surface area contributed by atoms with Crippen molar-refractivity contribution in [3.63, 3.8) is 0 Å². The number of carbonyl (C=O) groups is 2. The SMILES string of the molecule is O=C(c1ccc(I)cc1)c1ccc(Oc2cccc(C(=O)c3ccc(I)cc3)c2)cc1. The lowest BCUT2D eigenvalue weighted by Crippen LogP contribution is -2.02. The molecule has 3 nitrogen and oxygen atoms in total. The van der Waals surface area contributed by atoms with Gasteiger partial charge in [0.2, 0.25) is 0 Å². The van der Waals surface area contributed by atoms with Crippen molar-refractivity contribution in [2.45, 2.75) is 0 Å². The fourth-order valence-electron chi connectivity index (χ4n) is 3.05. The molecule has 0 bridgehead atoms. The maximum absolute atomic E-state index is 12.7. The average Bonchev–Trinajstić information content (AvgIpc) is 2.80. The molecular weight excluding hydrogens is 614 g/mol. The molecule has 4 rings (SSSR count). The summed E-state index contributed by atoms with van der Waals surface area (Å²) in [4.78, 5) is 25.4. The molecule has 0 aliphatic carbocycles. The van der Waals surface area contributed by atoms with E-state index >= 15 is 0 Å². The zero-order valence-electron chi connectivity index (χ0n) is 16.2. The van der Waals surface area contributed by atoms with Gasteiger partial charge >= 0.3 is 0 Å². The third-order valence-corrected chi connectivity index (χ3v) is 6.10. The fourth-order valence-corrected chi connectivity index (χ4v) is 3.77. The van der Waals surface area contributed by atoms with Gasteiger partial charge in [-0.2, -0.15) is 0 Å². The van der Waals surface area contributed by atoms with Crippen LogP contribution < -0.4 is 4.74 Å². The van der Waals surface area contributed by atoms with E-state index in [1.54, 1.807) is 48.5 Å². The van der Waals surface area contributed by atoms with Gasteiger partial charge in [-0.25, -0.2) is 0 Å². The monoisotopic (exact) mass is 630 g/mol. The van der Waals surface area contributed by atoms with Crippen LogP contribution in [0.3, 0.4) is 0 Å². The number of ether oxygens (including phenoxy) is 1. The van der Waals surface area contributed by atoms with Crippen LogP contribution in [0.1, 0.15) is 31.8 Å². The summed E-state index contributed by atoms with van der Waals surface area (Å²) in [5.74, 6) is 1.07. The van der Waals surface area contributed by atoms with Gasteiger partial charge in [0.25, 0.3) is 0 Å². The van der Waals surface area contributed by atoms with Gasteiger partial charge in [-0.15, -0.1) is 0 Å². The summed E-state index contributed by atoms with van der Waals surface area (Å²) in [6, 6.07) is 29.0. The molecule has 152 valence electrons. The van der Waals surface area contributed by atoms with Crippen LogP contribution in [0.5, 0.6) is 11.5 Å². The van der Waals surface area contributed by atoms with Gasteiger partial charge in [-0.3, -0.25) is 9.59 Å². The van der Waals surface area contributed by atoms with E-state index in [2.05, 4.69) is 45.2 Å². The maximum Gasteiger partial charge on any atom is 0.193 e. The molecule has 0 atom stereocenters. The Balaban J connectivity index is 1.49. The van der Waals surface area contributed by atoms with Crippen LogP contribution in [0.4, 0.5) is 0 Å². The number of halogens is 2. The van der Waals surface area contributed by atoms with Crippen molar-refractivity contribution in [3.8, 4) is 11.5 Å². The van der Waals surface area contributed by atoms with E-state index < -0.39 is 0 Å². The molecule has 0 aliphatic rings. The summed E-state index contributed by atoms with van der Waals surface area (Å²) in [5, 5.41) is 0. The lowest BCUT2D eigenvalue weighted by molar-refractivity contribution is 0.103. The second-order valence-corrected chi connectivity index (χ2v) is 9.32. The summed E-state index contributed by atoms with van der Waals surface area (Å²) in [5.41, 5.74) is 2.44. The Kier molecular flexibility index (Phi) is 6.82. The highest BCUT2D eigenvalue weighted by molar-refractivity contribution is 14.1. The second kappa shape index (κ2) is 9.74. The molecule has 31 heavy (non-hydrogen) atoms. The van der Waals surface area contributed by atoms with Crippen LogP contribution in [0, 0.1) is 7.14 Å². The lowest BCUT2D eigenvalue weighted by atomic mass is 10.0. The number of hydrogen-bond donors (Lipinski definition) is 0. The molecule has 0 radical (unpaired) electrons. The summed E-state index contributed by atoms with van der Waals surface area (Å²) in [7, 11) is 0. The fraction of sp³-hybridized carbons (Fsp3) is 0. The molecule has 5 heteroatoms. The molecule has 0 unspecified atom stereocenters. The molecule has 0 spiro atoms. The van der Waals surface area contributed by atoms with Gasteiger partial charge in [0.1, 0.15) is 11.5 Å². The van der Waals surface area contributed by atoms with Crippen LogP contribution in [-0.4, -0.2) is 11.6 Å². The first-order valence-electron chi connectivity index (χ1n) is 9.48.